The molecule has 0 bridgehead atoms. The predicted molar refractivity (Wildman–Crippen MR) is 82.0 cm³/mol. The molecule has 1 aliphatic heterocycles. The number of rotatable bonds is 2. The molecule has 0 spiro atoms. The highest BCUT2D eigenvalue weighted by atomic mass is 35.5. The van der Waals surface area contributed by atoms with E-state index in [1.54, 1.807) is 0 Å². The van der Waals surface area contributed by atoms with Crippen LogP contribution >= 0.6 is 23.4 Å². The van der Waals surface area contributed by atoms with Crippen LogP contribution in [0, 0.1) is 0 Å². The molecular weight excluding hydrogens is 264 g/mol. The number of nitrogens with zero attached hydrogens (tertiary/aromatic N) is 2. The van der Waals surface area contributed by atoms with Gasteiger partial charge in [0.05, 0.1) is 0 Å². The lowest BCUT2D eigenvalue weighted by Crippen LogP contribution is -2.33. The van der Waals surface area contributed by atoms with E-state index in [1.165, 1.54) is 17.1 Å². The van der Waals surface area contributed by atoms with Crippen LogP contribution < -0.4 is 4.90 Å². The van der Waals surface area contributed by atoms with E-state index >= 15 is 0 Å². The van der Waals surface area contributed by atoms with Crippen LogP contribution in [0.5, 0.6) is 0 Å². The Morgan fingerprint density at radius 3 is 2.50 bits per heavy atom. The van der Waals surface area contributed by atoms with Crippen LogP contribution in [-0.4, -0.2) is 29.6 Å². The Labute approximate surface area is 119 Å². The van der Waals surface area contributed by atoms with Crippen LogP contribution in [0.2, 0.25) is 0 Å². The summed E-state index contributed by atoms with van der Waals surface area (Å²) in [5, 5.41) is 0. The molecule has 0 aromatic carbocycles. The third kappa shape index (κ3) is 3.33. The standard InChI is InChI=1S/C14H21ClN2S/c1-14(2,3)12-8-11(10-15)9-13(16-12)17-4-6-18-7-5-17/h8-9H,4-7,10H2,1-3H3. The van der Waals surface area contributed by atoms with Gasteiger partial charge in [-0.05, 0) is 17.7 Å². The summed E-state index contributed by atoms with van der Waals surface area (Å²) in [5.41, 5.74) is 2.38. The van der Waals surface area contributed by atoms with Gasteiger partial charge in [0, 0.05) is 41.6 Å². The molecule has 2 heterocycles. The highest BCUT2D eigenvalue weighted by Crippen LogP contribution is 2.26. The largest absolute Gasteiger partial charge is 0.355 e. The van der Waals surface area contributed by atoms with Crippen molar-refractivity contribution in [3.63, 3.8) is 0 Å². The second-order valence-corrected chi connectivity index (χ2v) is 7.19. The Balaban J connectivity index is 2.34. The zero-order chi connectivity index (χ0) is 13.2. The van der Waals surface area contributed by atoms with Gasteiger partial charge in [0.1, 0.15) is 5.82 Å². The van der Waals surface area contributed by atoms with Crippen LogP contribution in [-0.2, 0) is 11.3 Å². The summed E-state index contributed by atoms with van der Waals surface area (Å²) in [7, 11) is 0. The Morgan fingerprint density at radius 1 is 1.28 bits per heavy atom. The van der Waals surface area contributed by atoms with Gasteiger partial charge in [-0.25, -0.2) is 4.98 Å². The summed E-state index contributed by atoms with van der Waals surface area (Å²) in [6.07, 6.45) is 0. The second-order valence-electron chi connectivity index (χ2n) is 5.70. The van der Waals surface area contributed by atoms with Gasteiger partial charge in [-0.2, -0.15) is 11.8 Å². The fourth-order valence-electron chi connectivity index (χ4n) is 1.99. The number of pyridine rings is 1. The molecule has 0 aliphatic carbocycles. The number of hydrogen-bond acceptors (Lipinski definition) is 3. The lowest BCUT2D eigenvalue weighted by Gasteiger charge is -2.29. The van der Waals surface area contributed by atoms with Gasteiger partial charge in [-0.3, -0.25) is 0 Å². The number of alkyl halides is 1. The van der Waals surface area contributed by atoms with Crippen molar-refractivity contribution in [2.45, 2.75) is 32.1 Å². The first-order valence-electron chi connectivity index (χ1n) is 6.41. The molecule has 100 valence electrons. The molecule has 1 aromatic heterocycles. The Kier molecular flexibility index (Phi) is 4.44. The van der Waals surface area contributed by atoms with Gasteiger partial charge >= 0.3 is 0 Å². The molecule has 1 aromatic rings. The topological polar surface area (TPSA) is 16.1 Å². The predicted octanol–water partition coefficient (Wildman–Crippen LogP) is 3.67. The first kappa shape index (κ1) is 14.0. The van der Waals surface area contributed by atoms with Crippen molar-refractivity contribution in [2.75, 3.05) is 29.5 Å². The van der Waals surface area contributed by atoms with Gasteiger partial charge in [-0.15, -0.1) is 11.6 Å². The molecule has 0 amide bonds. The second kappa shape index (κ2) is 5.70. The minimum absolute atomic E-state index is 0.0708. The Morgan fingerprint density at radius 2 is 1.94 bits per heavy atom. The number of thioether (sulfide) groups is 1. The molecule has 18 heavy (non-hydrogen) atoms. The maximum atomic E-state index is 6.01. The normalized spacial score (nSPS) is 17.0. The van der Waals surface area contributed by atoms with Crippen molar-refractivity contribution in [1.29, 1.82) is 0 Å². The van der Waals surface area contributed by atoms with Gasteiger partial charge in [0.2, 0.25) is 0 Å². The zero-order valence-corrected chi connectivity index (χ0v) is 12.9. The van der Waals surface area contributed by atoms with Crippen LogP contribution in [0.1, 0.15) is 32.0 Å². The van der Waals surface area contributed by atoms with E-state index in [2.05, 4.69) is 37.8 Å². The van der Waals surface area contributed by atoms with Crippen LogP contribution in [0.15, 0.2) is 12.1 Å². The van der Waals surface area contributed by atoms with E-state index in [0.717, 1.165) is 24.6 Å². The minimum atomic E-state index is 0.0708. The average molecular weight is 285 g/mol. The SMILES string of the molecule is CC(C)(C)c1cc(CCl)cc(N2CCSCC2)n1. The summed E-state index contributed by atoms with van der Waals surface area (Å²) in [5.74, 6) is 4.04. The average Bonchev–Trinajstić information content (AvgIpc) is 2.38. The number of halogens is 1. The van der Waals surface area contributed by atoms with Gasteiger partial charge in [0.25, 0.3) is 0 Å². The molecular formula is C14H21ClN2S. The quantitative estimate of drug-likeness (QED) is 0.771. The van der Waals surface area contributed by atoms with E-state index in [0.29, 0.717) is 5.88 Å². The lowest BCUT2D eigenvalue weighted by molar-refractivity contribution is 0.567. The number of aromatic nitrogens is 1. The van der Waals surface area contributed by atoms with Gasteiger partial charge in [-0.1, -0.05) is 20.8 Å². The third-order valence-corrected chi connectivity index (χ3v) is 4.38. The molecule has 2 nitrogen and oxygen atoms in total. The summed E-state index contributed by atoms with van der Waals surface area (Å²) in [4.78, 5) is 7.21. The molecule has 4 heteroatoms. The molecule has 0 unspecified atom stereocenters. The summed E-state index contributed by atoms with van der Waals surface area (Å²) < 4.78 is 0. The maximum Gasteiger partial charge on any atom is 0.129 e. The fraction of sp³-hybridized carbons (Fsp3) is 0.643. The highest BCUT2D eigenvalue weighted by Gasteiger charge is 2.20. The first-order chi connectivity index (χ1) is 8.50. The van der Waals surface area contributed by atoms with Crippen molar-refractivity contribution in [1.82, 2.24) is 4.98 Å². The summed E-state index contributed by atoms with van der Waals surface area (Å²) in [6.45, 7) is 8.77. The molecule has 0 N–H and O–H groups in total. The van der Waals surface area contributed by atoms with Crippen molar-refractivity contribution in [3.8, 4) is 0 Å². The van der Waals surface area contributed by atoms with E-state index < -0.39 is 0 Å². The zero-order valence-electron chi connectivity index (χ0n) is 11.4. The van der Waals surface area contributed by atoms with Gasteiger partial charge < -0.3 is 4.90 Å². The molecule has 2 rings (SSSR count). The van der Waals surface area contributed by atoms with Crippen molar-refractivity contribution in [3.05, 3.63) is 23.4 Å². The molecule has 1 fully saturated rings. The lowest BCUT2D eigenvalue weighted by atomic mass is 9.91. The first-order valence-corrected chi connectivity index (χ1v) is 8.10. The summed E-state index contributed by atoms with van der Waals surface area (Å²) in [6, 6.07) is 4.27. The minimum Gasteiger partial charge on any atom is -0.355 e. The highest BCUT2D eigenvalue weighted by molar-refractivity contribution is 7.99. The van der Waals surface area contributed by atoms with Crippen molar-refractivity contribution < 1.29 is 0 Å². The van der Waals surface area contributed by atoms with E-state index in [4.69, 9.17) is 16.6 Å². The fourth-order valence-corrected chi connectivity index (χ4v) is 3.04. The molecule has 0 saturated carbocycles. The van der Waals surface area contributed by atoms with Gasteiger partial charge in [0.15, 0.2) is 0 Å². The van der Waals surface area contributed by atoms with Crippen LogP contribution in [0.25, 0.3) is 0 Å². The van der Waals surface area contributed by atoms with E-state index in [1.807, 2.05) is 11.8 Å². The number of hydrogen-bond donors (Lipinski definition) is 0. The monoisotopic (exact) mass is 284 g/mol. The molecule has 1 aliphatic rings. The molecule has 1 saturated heterocycles. The van der Waals surface area contributed by atoms with Crippen LogP contribution in [0.3, 0.4) is 0 Å². The molecule has 0 radical (unpaired) electrons. The van der Waals surface area contributed by atoms with E-state index in [9.17, 15) is 0 Å². The van der Waals surface area contributed by atoms with E-state index in [-0.39, 0.29) is 5.41 Å². The Hall–Kier alpha value is -0.410. The third-order valence-electron chi connectivity index (χ3n) is 3.13. The number of anilines is 1. The smallest absolute Gasteiger partial charge is 0.129 e. The Bertz CT molecular complexity index is 409. The van der Waals surface area contributed by atoms with Crippen LogP contribution in [0.4, 0.5) is 5.82 Å². The van der Waals surface area contributed by atoms with Crippen molar-refractivity contribution >= 4 is 29.2 Å². The summed E-state index contributed by atoms with van der Waals surface area (Å²) >= 11 is 8.03. The van der Waals surface area contributed by atoms with Crippen molar-refractivity contribution in [2.24, 2.45) is 0 Å². The maximum absolute atomic E-state index is 6.01. The molecule has 0 atom stereocenters.